The van der Waals surface area contributed by atoms with Gasteiger partial charge >= 0.3 is 0 Å². The standard InChI is InChI=1S/C13H19N3OS/c1-18-10-4-3-9(7-10)16-12-6-8(14)2-5-11(12)13(15)17/h2,5-6,9-10,16H,3-4,7,14H2,1H3,(H2,15,17). The minimum absolute atomic E-state index is 0.405. The van der Waals surface area contributed by atoms with Crippen LogP contribution in [0.1, 0.15) is 29.6 Å². The number of nitrogen functional groups attached to an aromatic ring is 1. The Balaban J connectivity index is 2.13. The van der Waals surface area contributed by atoms with Gasteiger partial charge in [0, 0.05) is 22.7 Å². The van der Waals surface area contributed by atoms with Gasteiger partial charge in [0.1, 0.15) is 0 Å². The Labute approximate surface area is 111 Å². The van der Waals surface area contributed by atoms with Crippen LogP contribution in [0.15, 0.2) is 18.2 Å². The number of nitrogens with one attached hydrogen (secondary N) is 1. The second kappa shape index (κ2) is 5.52. The second-order valence-corrected chi connectivity index (χ2v) is 5.82. The van der Waals surface area contributed by atoms with Gasteiger partial charge < -0.3 is 16.8 Å². The highest BCUT2D eigenvalue weighted by molar-refractivity contribution is 7.99. The van der Waals surface area contributed by atoms with E-state index in [9.17, 15) is 4.79 Å². The summed E-state index contributed by atoms with van der Waals surface area (Å²) in [6.45, 7) is 0. The molecule has 2 unspecified atom stereocenters. The lowest BCUT2D eigenvalue weighted by Gasteiger charge is -2.17. The summed E-state index contributed by atoms with van der Waals surface area (Å²) in [6.07, 6.45) is 5.60. The molecule has 0 spiro atoms. The third-order valence-electron chi connectivity index (χ3n) is 3.39. The van der Waals surface area contributed by atoms with Gasteiger partial charge in [0.05, 0.1) is 5.56 Å². The minimum atomic E-state index is -0.420. The number of primary amides is 1. The molecule has 18 heavy (non-hydrogen) atoms. The van der Waals surface area contributed by atoms with Crippen molar-refractivity contribution in [3.8, 4) is 0 Å². The number of hydrogen-bond acceptors (Lipinski definition) is 4. The molecule has 4 nitrogen and oxygen atoms in total. The van der Waals surface area contributed by atoms with Crippen molar-refractivity contribution < 1.29 is 4.79 Å². The zero-order valence-electron chi connectivity index (χ0n) is 10.5. The summed E-state index contributed by atoms with van der Waals surface area (Å²) in [5.74, 6) is -0.420. The molecule has 1 amide bonds. The van der Waals surface area contributed by atoms with Gasteiger partial charge in [-0.2, -0.15) is 11.8 Å². The first-order chi connectivity index (χ1) is 8.60. The number of thioether (sulfide) groups is 1. The Morgan fingerprint density at radius 3 is 2.83 bits per heavy atom. The van der Waals surface area contributed by atoms with Crippen LogP contribution in [0, 0.1) is 0 Å². The third-order valence-corrected chi connectivity index (χ3v) is 4.48. The van der Waals surface area contributed by atoms with E-state index in [4.69, 9.17) is 11.5 Å². The average Bonchev–Trinajstić information content (AvgIpc) is 2.76. The van der Waals surface area contributed by atoms with Crippen molar-refractivity contribution in [1.29, 1.82) is 0 Å². The molecule has 2 rings (SSSR count). The lowest BCUT2D eigenvalue weighted by Crippen LogP contribution is -2.20. The van der Waals surface area contributed by atoms with E-state index < -0.39 is 5.91 Å². The van der Waals surface area contributed by atoms with Gasteiger partial charge in [-0.3, -0.25) is 4.79 Å². The first-order valence-electron chi connectivity index (χ1n) is 6.09. The molecule has 1 fully saturated rings. The van der Waals surface area contributed by atoms with Crippen LogP contribution >= 0.6 is 11.8 Å². The summed E-state index contributed by atoms with van der Waals surface area (Å²) in [6, 6.07) is 5.57. The number of rotatable bonds is 4. The van der Waals surface area contributed by atoms with Crippen LogP contribution in [0.3, 0.4) is 0 Å². The summed E-state index contributed by atoms with van der Waals surface area (Å²) in [7, 11) is 0. The first kappa shape index (κ1) is 13.1. The second-order valence-electron chi connectivity index (χ2n) is 4.68. The van der Waals surface area contributed by atoms with Crippen LogP contribution in [-0.2, 0) is 0 Å². The SMILES string of the molecule is CSC1CCC(Nc2cc(N)ccc2C(N)=O)C1. The van der Waals surface area contributed by atoms with Crippen molar-refractivity contribution in [3.05, 3.63) is 23.8 Å². The molecule has 0 bridgehead atoms. The van der Waals surface area contributed by atoms with Crippen LogP contribution in [-0.4, -0.2) is 23.5 Å². The predicted octanol–water partition coefficient (Wildman–Crippen LogP) is 2.06. The van der Waals surface area contributed by atoms with Crippen molar-refractivity contribution in [3.63, 3.8) is 0 Å². The van der Waals surface area contributed by atoms with Crippen molar-refractivity contribution in [2.75, 3.05) is 17.3 Å². The van der Waals surface area contributed by atoms with E-state index in [1.807, 2.05) is 11.8 Å². The van der Waals surface area contributed by atoms with E-state index >= 15 is 0 Å². The van der Waals surface area contributed by atoms with E-state index in [1.165, 1.54) is 6.42 Å². The molecule has 0 aromatic heterocycles. The molecule has 1 aromatic rings. The quantitative estimate of drug-likeness (QED) is 0.728. The fourth-order valence-electron chi connectivity index (χ4n) is 2.40. The maximum atomic E-state index is 11.4. The molecule has 2 atom stereocenters. The fourth-order valence-corrected chi connectivity index (χ4v) is 3.20. The van der Waals surface area contributed by atoms with Crippen LogP contribution in [0.2, 0.25) is 0 Å². The van der Waals surface area contributed by atoms with E-state index in [0.29, 0.717) is 22.5 Å². The summed E-state index contributed by atoms with van der Waals surface area (Å²) in [5, 5.41) is 4.11. The molecule has 0 radical (unpaired) electrons. The molecule has 1 aliphatic rings. The highest BCUT2D eigenvalue weighted by Gasteiger charge is 2.24. The number of amides is 1. The minimum Gasteiger partial charge on any atom is -0.399 e. The van der Waals surface area contributed by atoms with Crippen LogP contribution in [0.5, 0.6) is 0 Å². The van der Waals surface area contributed by atoms with Gasteiger partial charge in [-0.25, -0.2) is 0 Å². The Bertz CT molecular complexity index is 450. The van der Waals surface area contributed by atoms with E-state index in [2.05, 4.69) is 11.6 Å². The molecule has 1 aliphatic carbocycles. The van der Waals surface area contributed by atoms with Gasteiger partial charge in [-0.05, 0) is 43.7 Å². The molecule has 0 saturated heterocycles. The van der Waals surface area contributed by atoms with Crippen molar-refractivity contribution >= 4 is 29.0 Å². The Kier molecular flexibility index (Phi) is 4.01. The zero-order chi connectivity index (χ0) is 13.1. The Hall–Kier alpha value is -1.36. The number of benzene rings is 1. The monoisotopic (exact) mass is 265 g/mol. The molecule has 0 aliphatic heterocycles. The van der Waals surface area contributed by atoms with Crippen LogP contribution < -0.4 is 16.8 Å². The third kappa shape index (κ3) is 2.90. The van der Waals surface area contributed by atoms with Gasteiger partial charge in [-0.1, -0.05) is 0 Å². The molecule has 5 heteroatoms. The summed E-state index contributed by atoms with van der Waals surface area (Å²) >= 11 is 1.90. The zero-order valence-corrected chi connectivity index (χ0v) is 11.3. The highest BCUT2D eigenvalue weighted by Crippen LogP contribution is 2.31. The lowest BCUT2D eigenvalue weighted by atomic mass is 10.1. The summed E-state index contributed by atoms with van der Waals surface area (Å²) < 4.78 is 0. The van der Waals surface area contributed by atoms with Crippen LogP contribution in [0.4, 0.5) is 11.4 Å². The average molecular weight is 265 g/mol. The Morgan fingerprint density at radius 2 is 2.22 bits per heavy atom. The summed E-state index contributed by atoms with van der Waals surface area (Å²) in [4.78, 5) is 11.4. The number of anilines is 2. The molecule has 0 heterocycles. The maximum Gasteiger partial charge on any atom is 0.250 e. The molecular formula is C13H19N3OS. The van der Waals surface area contributed by atoms with Gasteiger partial charge in [0.2, 0.25) is 0 Å². The largest absolute Gasteiger partial charge is 0.399 e. The van der Waals surface area contributed by atoms with Gasteiger partial charge in [0.15, 0.2) is 0 Å². The predicted molar refractivity (Wildman–Crippen MR) is 77.9 cm³/mol. The number of nitrogens with two attached hydrogens (primary N) is 2. The van der Waals surface area contributed by atoms with Crippen molar-refractivity contribution in [2.24, 2.45) is 5.73 Å². The van der Waals surface area contributed by atoms with Crippen LogP contribution in [0.25, 0.3) is 0 Å². The molecule has 98 valence electrons. The Morgan fingerprint density at radius 1 is 1.44 bits per heavy atom. The number of hydrogen-bond donors (Lipinski definition) is 3. The van der Waals surface area contributed by atoms with E-state index in [0.717, 1.165) is 18.5 Å². The molecular weight excluding hydrogens is 246 g/mol. The summed E-state index contributed by atoms with van der Waals surface area (Å²) in [5.41, 5.74) is 13.0. The first-order valence-corrected chi connectivity index (χ1v) is 7.37. The lowest BCUT2D eigenvalue weighted by molar-refractivity contribution is 0.100. The normalized spacial score (nSPS) is 22.9. The molecule has 1 saturated carbocycles. The highest BCUT2D eigenvalue weighted by atomic mass is 32.2. The van der Waals surface area contributed by atoms with E-state index in [1.54, 1.807) is 18.2 Å². The number of carbonyl (C=O) groups excluding carboxylic acids is 1. The number of carbonyl (C=O) groups is 1. The van der Waals surface area contributed by atoms with Gasteiger partial charge in [0.25, 0.3) is 5.91 Å². The van der Waals surface area contributed by atoms with Gasteiger partial charge in [-0.15, -0.1) is 0 Å². The smallest absolute Gasteiger partial charge is 0.250 e. The van der Waals surface area contributed by atoms with Crippen molar-refractivity contribution in [1.82, 2.24) is 0 Å². The van der Waals surface area contributed by atoms with E-state index in [-0.39, 0.29) is 0 Å². The van der Waals surface area contributed by atoms with Crippen molar-refractivity contribution in [2.45, 2.75) is 30.6 Å². The molecule has 1 aromatic carbocycles. The molecule has 5 N–H and O–H groups in total. The topological polar surface area (TPSA) is 81.1 Å². The fraction of sp³-hybridized carbons (Fsp3) is 0.462. The maximum absolute atomic E-state index is 11.4.